The highest BCUT2D eigenvalue weighted by Gasteiger charge is 2.32. The first-order valence-corrected chi connectivity index (χ1v) is 7.36. The lowest BCUT2D eigenvalue weighted by Crippen LogP contribution is -2.30. The summed E-state index contributed by atoms with van der Waals surface area (Å²) in [7, 11) is 0. The number of hydrogen-bond acceptors (Lipinski definition) is 4. The second-order valence-electron chi connectivity index (χ2n) is 6.50. The van der Waals surface area contributed by atoms with Gasteiger partial charge in [0.15, 0.2) is 11.0 Å². The van der Waals surface area contributed by atoms with Gasteiger partial charge in [0, 0.05) is 12.1 Å². The third-order valence-corrected chi connectivity index (χ3v) is 3.70. The van der Waals surface area contributed by atoms with Crippen LogP contribution in [0, 0.1) is 0 Å². The molecule has 1 saturated heterocycles. The van der Waals surface area contributed by atoms with Gasteiger partial charge in [0.1, 0.15) is 0 Å². The first-order chi connectivity index (χ1) is 9.68. The lowest BCUT2D eigenvalue weighted by Gasteiger charge is -2.22. The number of nitrogens with one attached hydrogen (secondary N) is 1. The summed E-state index contributed by atoms with van der Waals surface area (Å²) < 4.78 is 0. The van der Waals surface area contributed by atoms with E-state index in [4.69, 9.17) is 11.6 Å². The number of anilines is 1. The number of aliphatic hydroxyl groups is 1. The van der Waals surface area contributed by atoms with Crippen molar-refractivity contribution in [1.82, 2.24) is 15.5 Å². The fourth-order valence-corrected chi connectivity index (χ4v) is 2.74. The molecule has 1 aliphatic heterocycles. The molecule has 21 heavy (non-hydrogen) atoms. The van der Waals surface area contributed by atoms with Crippen molar-refractivity contribution < 1.29 is 9.90 Å². The molecule has 0 spiro atoms. The highest BCUT2D eigenvalue weighted by Crippen LogP contribution is 2.30. The number of halogens is 1. The van der Waals surface area contributed by atoms with Crippen molar-refractivity contribution in [2.75, 3.05) is 11.4 Å². The van der Waals surface area contributed by atoms with E-state index in [9.17, 15) is 9.90 Å². The van der Waals surface area contributed by atoms with Gasteiger partial charge in [-0.15, -0.1) is 10.2 Å². The van der Waals surface area contributed by atoms with E-state index < -0.39 is 6.10 Å². The molecule has 2 amide bonds. The number of hydrogen-bond donors (Lipinski definition) is 2. The molecule has 2 N–H and O–H groups in total. The Labute approximate surface area is 129 Å². The molecule has 1 fully saturated rings. The molecular weight excluding hydrogens is 292 g/mol. The summed E-state index contributed by atoms with van der Waals surface area (Å²) in [5.41, 5.74) is 0.665. The topological polar surface area (TPSA) is 78.3 Å². The number of aliphatic hydroxyl groups excluding tert-OH is 1. The molecule has 1 aromatic heterocycles. The zero-order chi connectivity index (χ0) is 15.8. The Bertz CT molecular complexity index is 542. The van der Waals surface area contributed by atoms with Gasteiger partial charge in [-0.2, -0.15) is 0 Å². The highest BCUT2D eigenvalue weighted by molar-refractivity contribution is 6.30. The van der Waals surface area contributed by atoms with Gasteiger partial charge >= 0.3 is 6.03 Å². The van der Waals surface area contributed by atoms with E-state index in [-0.39, 0.29) is 17.5 Å². The molecule has 0 saturated carbocycles. The Morgan fingerprint density at radius 3 is 2.76 bits per heavy atom. The Hall–Kier alpha value is -1.40. The minimum atomic E-state index is -0.461. The van der Waals surface area contributed by atoms with Gasteiger partial charge in [-0.1, -0.05) is 32.4 Å². The van der Waals surface area contributed by atoms with Crippen LogP contribution in [0.1, 0.15) is 39.7 Å². The standard InChI is InChI=1S/C14H21ClN4O2/c1-8(20)5-9-7-19(13(21)16-9)11-6-10(14(2,3)4)12(15)18-17-11/h6,8-9,20H,5,7H2,1-4H3,(H,16,21). The third-order valence-electron chi connectivity index (χ3n) is 3.42. The van der Waals surface area contributed by atoms with Crippen molar-refractivity contribution in [3.63, 3.8) is 0 Å². The van der Waals surface area contributed by atoms with Gasteiger partial charge in [-0.05, 0) is 24.8 Å². The quantitative estimate of drug-likeness (QED) is 0.896. The summed E-state index contributed by atoms with van der Waals surface area (Å²) >= 11 is 6.10. The number of carbonyl (C=O) groups excluding carboxylic acids is 1. The number of urea groups is 1. The molecule has 2 rings (SSSR count). The largest absolute Gasteiger partial charge is 0.393 e. The predicted octanol–water partition coefficient (Wildman–Crippen LogP) is 2.10. The number of aromatic nitrogens is 2. The van der Waals surface area contributed by atoms with Gasteiger partial charge in [-0.3, -0.25) is 4.90 Å². The lowest BCUT2D eigenvalue weighted by molar-refractivity contribution is 0.173. The Balaban J connectivity index is 2.25. The Morgan fingerprint density at radius 1 is 1.52 bits per heavy atom. The molecule has 116 valence electrons. The van der Waals surface area contributed by atoms with Crippen LogP contribution in [0.2, 0.25) is 5.15 Å². The van der Waals surface area contributed by atoms with E-state index >= 15 is 0 Å². The second kappa shape index (κ2) is 5.77. The smallest absolute Gasteiger partial charge is 0.323 e. The van der Waals surface area contributed by atoms with Crippen LogP contribution < -0.4 is 10.2 Å². The van der Waals surface area contributed by atoms with E-state index in [1.807, 2.05) is 20.8 Å². The van der Waals surface area contributed by atoms with Crippen molar-refractivity contribution >= 4 is 23.4 Å². The fraction of sp³-hybridized carbons (Fsp3) is 0.643. The number of rotatable bonds is 3. The van der Waals surface area contributed by atoms with Crippen LogP contribution in [-0.4, -0.2) is 40.0 Å². The molecular formula is C14H21ClN4O2. The SMILES string of the molecule is CC(O)CC1CN(c2cc(C(C)(C)C)c(Cl)nn2)C(=O)N1. The summed E-state index contributed by atoms with van der Waals surface area (Å²) in [4.78, 5) is 13.6. The van der Waals surface area contributed by atoms with Crippen LogP contribution in [-0.2, 0) is 5.41 Å². The van der Waals surface area contributed by atoms with Crippen LogP contribution in [0.4, 0.5) is 10.6 Å². The van der Waals surface area contributed by atoms with Crippen LogP contribution in [0.5, 0.6) is 0 Å². The number of carbonyl (C=O) groups is 1. The van der Waals surface area contributed by atoms with Crippen LogP contribution in [0.15, 0.2) is 6.07 Å². The van der Waals surface area contributed by atoms with E-state index in [1.54, 1.807) is 13.0 Å². The molecule has 0 aromatic carbocycles. The minimum Gasteiger partial charge on any atom is -0.393 e. The fourth-order valence-electron chi connectivity index (χ4n) is 2.37. The van der Waals surface area contributed by atoms with Gasteiger partial charge in [0.25, 0.3) is 0 Å². The van der Waals surface area contributed by atoms with Gasteiger partial charge in [-0.25, -0.2) is 4.79 Å². The lowest BCUT2D eigenvalue weighted by atomic mass is 9.88. The Kier molecular flexibility index (Phi) is 4.39. The number of nitrogens with zero attached hydrogens (tertiary/aromatic N) is 3. The monoisotopic (exact) mass is 312 g/mol. The normalized spacial score (nSPS) is 20.6. The summed E-state index contributed by atoms with van der Waals surface area (Å²) in [5, 5.41) is 20.6. The molecule has 0 radical (unpaired) electrons. The first-order valence-electron chi connectivity index (χ1n) is 6.98. The average Bonchev–Trinajstić information content (AvgIpc) is 2.68. The van der Waals surface area contributed by atoms with E-state index in [1.165, 1.54) is 4.90 Å². The molecule has 1 aromatic rings. The molecule has 6 nitrogen and oxygen atoms in total. The van der Waals surface area contributed by atoms with Crippen molar-refractivity contribution in [3.05, 3.63) is 16.8 Å². The maximum Gasteiger partial charge on any atom is 0.323 e. The summed E-state index contributed by atoms with van der Waals surface area (Å²) in [5.74, 6) is 0.481. The first kappa shape index (κ1) is 16.0. The van der Waals surface area contributed by atoms with Crippen molar-refractivity contribution in [2.24, 2.45) is 0 Å². The third kappa shape index (κ3) is 3.63. The molecule has 1 aliphatic rings. The van der Waals surface area contributed by atoms with E-state index in [0.29, 0.717) is 23.9 Å². The second-order valence-corrected chi connectivity index (χ2v) is 6.86. The van der Waals surface area contributed by atoms with Crippen LogP contribution in [0.3, 0.4) is 0 Å². The maximum absolute atomic E-state index is 12.0. The molecule has 0 bridgehead atoms. The molecule has 2 atom stereocenters. The van der Waals surface area contributed by atoms with Crippen molar-refractivity contribution in [3.8, 4) is 0 Å². The molecule has 2 heterocycles. The van der Waals surface area contributed by atoms with Crippen LogP contribution in [0.25, 0.3) is 0 Å². The van der Waals surface area contributed by atoms with Crippen molar-refractivity contribution in [1.29, 1.82) is 0 Å². The molecule has 0 aliphatic carbocycles. The predicted molar refractivity (Wildman–Crippen MR) is 81.7 cm³/mol. The van der Waals surface area contributed by atoms with Gasteiger partial charge in [0.2, 0.25) is 0 Å². The minimum absolute atomic E-state index is 0.0898. The molecule has 2 unspecified atom stereocenters. The zero-order valence-corrected chi connectivity index (χ0v) is 13.5. The zero-order valence-electron chi connectivity index (χ0n) is 12.7. The summed E-state index contributed by atoms with van der Waals surface area (Å²) in [6.07, 6.45) is 0.0479. The number of amides is 2. The van der Waals surface area contributed by atoms with Gasteiger partial charge < -0.3 is 10.4 Å². The van der Waals surface area contributed by atoms with Gasteiger partial charge in [0.05, 0.1) is 12.1 Å². The van der Waals surface area contributed by atoms with E-state index in [2.05, 4.69) is 15.5 Å². The molecule has 7 heteroatoms. The van der Waals surface area contributed by atoms with Crippen molar-refractivity contribution in [2.45, 2.75) is 51.7 Å². The Morgan fingerprint density at radius 2 is 2.19 bits per heavy atom. The average molecular weight is 313 g/mol. The maximum atomic E-state index is 12.0. The summed E-state index contributed by atoms with van der Waals surface area (Å²) in [6.45, 7) is 8.25. The highest BCUT2D eigenvalue weighted by atomic mass is 35.5. The summed E-state index contributed by atoms with van der Waals surface area (Å²) in [6, 6.07) is 1.49. The van der Waals surface area contributed by atoms with E-state index in [0.717, 1.165) is 5.56 Å². The van der Waals surface area contributed by atoms with Crippen LogP contribution >= 0.6 is 11.6 Å².